The van der Waals surface area contributed by atoms with Gasteiger partial charge in [0.1, 0.15) is 0 Å². The minimum atomic E-state index is -3.02. The Morgan fingerprint density at radius 3 is 2.63 bits per heavy atom. The van der Waals surface area contributed by atoms with E-state index in [0.29, 0.717) is 13.1 Å². The van der Waals surface area contributed by atoms with Gasteiger partial charge >= 0.3 is 0 Å². The fraction of sp³-hybridized carbons (Fsp3) is 1.00. The average molecular weight is 290 g/mol. The van der Waals surface area contributed by atoms with Crippen LogP contribution in [-0.4, -0.2) is 45.2 Å². The van der Waals surface area contributed by atoms with Crippen molar-refractivity contribution in [1.82, 2.24) is 9.62 Å². The minimum Gasteiger partial charge on any atom is -0.316 e. The van der Waals surface area contributed by atoms with Crippen LogP contribution >= 0.6 is 0 Å². The molecule has 1 aliphatic rings. The third-order valence-electron chi connectivity index (χ3n) is 4.06. The molecule has 4 nitrogen and oxygen atoms in total. The Morgan fingerprint density at radius 1 is 1.32 bits per heavy atom. The molecule has 114 valence electrons. The van der Waals surface area contributed by atoms with Gasteiger partial charge in [-0.25, -0.2) is 12.7 Å². The van der Waals surface area contributed by atoms with Crippen molar-refractivity contribution in [3.63, 3.8) is 0 Å². The van der Waals surface area contributed by atoms with Gasteiger partial charge in [0.05, 0.1) is 6.26 Å². The predicted molar refractivity (Wildman–Crippen MR) is 80.7 cm³/mol. The summed E-state index contributed by atoms with van der Waals surface area (Å²) in [6, 6.07) is 0. The van der Waals surface area contributed by atoms with Crippen LogP contribution in [0.3, 0.4) is 0 Å². The summed E-state index contributed by atoms with van der Waals surface area (Å²) in [7, 11) is -3.02. The molecule has 19 heavy (non-hydrogen) atoms. The quantitative estimate of drug-likeness (QED) is 0.696. The molecule has 1 aliphatic carbocycles. The van der Waals surface area contributed by atoms with Gasteiger partial charge < -0.3 is 5.32 Å². The van der Waals surface area contributed by atoms with E-state index in [1.54, 1.807) is 0 Å². The molecular weight excluding hydrogens is 260 g/mol. The van der Waals surface area contributed by atoms with Crippen LogP contribution in [0.4, 0.5) is 0 Å². The van der Waals surface area contributed by atoms with Crippen molar-refractivity contribution in [2.45, 2.75) is 46.0 Å². The average Bonchev–Trinajstić information content (AvgIpc) is 2.32. The van der Waals surface area contributed by atoms with Gasteiger partial charge in [0.15, 0.2) is 0 Å². The maximum absolute atomic E-state index is 11.4. The van der Waals surface area contributed by atoms with E-state index < -0.39 is 10.0 Å². The summed E-state index contributed by atoms with van der Waals surface area (Å²) >= 11 is 0. The number of hydrogen-bond acceptors (Lipinski definition) is 3. The maximum atomic E-state index is 11.4. The van der Waals surface area contributed by atoms with Crippen molar-refractivity contribution in [3.8, 4) is 0 Å². The highest BCUT2D eigenvalue weighted by Crippen LogP contribution is 2.27. The smallest absolute Gasteiger partial charge is 0.211 e. The molecule has 0 saturated heterocycles. The molecular formula is C14H30N2O2S. The zero-order chi connectivity index (χ0) is 14.3. The summed E-state index contributed by atoms with van der Waals surface area (Å²) in [5.41, 5.74) is 0. The van der Waals surface area contributed by atoms with Gasteiger partial charge in [-0.1, -0.05) is 26.7 Å². The van der Waals surface area contributed by atoms with Crippen LogP contribution < -0.4 is 5.32 Å². The van der Waals surface area contributed by atoms with Crippen molar-refractivity contribution >= 4 is 10.0 Å². The summed E-state index contributed by atoms with van der Waals surface area (Å²) in [6.45, 7) is 7.43. The molecule has 2 atom stereocenters. The molecule has 5 heteroatoms. The molecule has 0 aromatic carbocycles. The maximum Gasteiger partial charge on any atom is 0.211 e. The lowest BCUT2D eigenvalue weighted by Crippen LogP contribution is -2.33. The summed E-state index contributed by atoms with van der Waals surface area (Å²) in [5, 5.41) is 3.49. The summed E-state index contributed by atoms with van der Waals surface area (Å²) in [6.07, 6.45) is 7.62. The second-order valence-corrected chi connectivity index (χ2v) is 7.93. The molecule has 1 fully saturated rings. The predicted octanol–water partition coefficient (Wildman–Crippen LogP) is 2.07. The number of nitrogens with zero attached hydrogens (tertiary/aromatic N) is 1. The molecule has 0 aromatic heterocycles. The molecule has 2 unspecified atom stereocenters. The lowest BCUT2D eigenvalue weighted by Gasteiger charge is -2.27. The lowest BCUT2D eigenvalue weighted by molar-refractivity contribution is 0.273. The normalized spacial score (nSPS) is 24.8. The fourth-order valence-electron chi connectivity index (χ4n) is 2.99. The van der Waals surface area contributed by atoms with E-state index in [2.05, 4.69) is 12.2 Å². The van der Waals surface area contributed by atoms with E-state index in [1.165, 1.54) is 36.2 Å². The first-order valence-electron chi connectivity index (χ1n) is 7.59. The highest BCUT2D eigenvalue weighted by atomic mass is 32.2. The number of sulfonamides is 1. The SMILES string of the molecule is CCN(CCCNCC1CCCC(C)C1)S(C)(=O)=O. The van der Waals surface area contributed by atoms with Crippen LogP contribution in [0.15, 0.2) is 0 Å². The van der Waals surface area contributed by atoms with Crippen molar-refractivity contribution in [2.75, 3.05) is 32.4 Å². The van der Waals surface area contributed by atoms with Crippen LogP contribution in [0.5, 0.6) is 0 Å². The number of hydrogen-bond donors (Lipinski definition) is 1. The van der Waals surface area contributed by atoms with E-state index in [-0.39, 0.29) is 0 Å². The van der Waals surface area contributed by atoms with E-state index >= 15 is 0 Å². The Morgan fingerprint density at radius 2 is 2.05 bits per heavy atom. The van der Waals surface area contributed by atoms with E-state index in [9.17, 15) is 8.42 Å². The molecule has 0 amide bonds. The second kappa shape index (κ2) is 8.22. The molecule has 0 aliphatic heterocycles. The first kappa shape index (κ1) is 16.9. The standard InChI is InChI=1S/C14H30N2O2S/c1-4-16(19(3,17)18)10-6-9-15-12-14-8-5-7-13(2)11-14/h13-15H,4-12H2,1-3H3. The van der Waals surface area contributed by atoms with Crippen LogP contribution in [0.2, 0.25) is 0 Å². The highest BCUT2D eigenvalue weighted by molar-refractivity contribution is 7.88. The molecule has 0 spiro atoms. The summed E-state index contributed by atoms with van der Waals surface area (Å²) in [5.74, 6) is 1.70. The van der Waals surface area contributed by atoms with Crippen LogP contribution in [0.25, 0.3) is 0 Å². The van der Waals surface area contributed by atoms with Crippen molar-refractivity contribution in [2.24, 2.45) is 11.8 Å². The molecule has 0 bridgehead atoms. The van der Waals surface area contributed by atoms with E-state index in [0.717, 1.165) is 31.3 Å². The fourth-order valence-corrected chi connectivity index (χ4v) is 3.92. The van der Waals surface area contributed by atoms with Crippen LogP contribution in [0.1, 0.15) is 46.0 Å². The third-order valence-corrected chi connectivity index (χ3v) is 5.44. The Bertz CT molecular complexity index is 343. The molecule has 0 heterocycles. The van der Waals surface area contributed by atoms with Gasteiger partial charge in [0.25, 0.3) is 0 Å². The molecule has 1 N–H and O–H groups in total. The van der Waals surface area contributed by atoms with Gasteiger partial charge in [0, 0.05) is 13.1 Å². The lowest BCUT2D eigenvalue weighted by atomic mass is 9.82. The Kier molecular flexibility index (Phi) is 7.32. The van der Waals surface area contributed by atoms with Crippen LogP contribution in [-0.2, 0) is 10.0 Å². The van der Waals surface area contributed by atoms with E-state index in [1.807, 2.05) is 6.92 Å². The molecule has 0 radical (unpaired) electrons. The highest BCUT2D eigenvalue weighted by Gasteiger charge is 2.18. The number of nitrogens with one attached hydrogen (secondary N) is 1. The van der Waals surface area contributed by atoms with Gasteiger partial charge in [-0.3, -0.25) is 0 Å². The molecule has 1 saturated carbocycles. The first-order valence-corrected chi connectivity index (χ1v) is 9.44. The zero-order valence-electron chi connectivity index (χ0n) is 12.7. The number of rotatable bonds is 8. The van der Waals surface area contributed by atoms with Gasteiger partial charge in [-0.05, 0) is 44.2 Å². The Labute approximate surface area is 119 Å². The minimum absolute atomic E-state index is 0.568. The van der Waals surface area contributed by atoms with E-state index in [4.69, 9.17) is 0 Å². The van der Waals surface area contributed by atoms with Gasteiger partial charge in [-0.2, -0.15) is 0 Å². The third kappa shape index (κ3) is 6.72. The Balaban J connectivity index is 2.10. The zero-order valence-corrected chi connectivity index (χ0v) is 13.5. The summed E-state index contributed by atoms with van der Waals surface area (Å²) < 4.78 is 24.4. The largest absolute Gasteiger partial charge is 0.316 e. The van der Waals surface area contributed by atoms with Crippen molar-refractivity contribution in [3.05, 3.63) is 0 Å². The monoisotopic (exact) mass is 290 g/mol. The Hall–Kier alpha value is -0.130. The van der Waals surface area contributed by atoms with Crippen LogP contribution in [0, 0.1) is 11.8 Å². The molecule has 0 aromatic rings. The van der Waals surface area contributed by atoms with Crippen molar-refractivity contribution < 1.29 is 8.42 Å². The van der Waals surface area contributed by atoms with Crippen molar-refractivity contribution in [1.29, 1.82) is 0 Å². The van der Waals surface area contributed by atoms with Gasteiger partial charge in [0.2, 0.25) is 10.0 Å². The topological polar surface area (TPSA) is 49.4 Å². The first-order chi connectivity index (χ1) is 8.93. The second-order valence-electron chi connectivity index (χ2n) is 5.95. The van der Waals surface area contributed by atoms with Gasteiger partial charge in [-0.15, -0.1) is 0 Å². The summed E-state index contributed by atoms with van der Waals surface area (Å²) in [4.78, 5) is 0. The molecule has 1 rings (SSSR count).